The van der Waals surface area contributed by atoms with E-state index >= 15 is 0 Å². The first-order valence-electron chi connectivity index (χ1n) is 5.28. The summed E-state index contributed by atoms with van der Waals surface area (Å²) in [5, 5.41) is 17.6. The first-order valence-corrected chi connectivity index (χ1v) is 5.28. The Morgan fingerprint density at radius 3 is 2.94 bits per heavy atom. The molecular weight excluding hydrogens is 238 g/mol. The van der Waals surface area contributed by atoms with Crippen molar-refractivity contribution in [1.82, 2.24) is 25.4 Å². The normalized spacial score (nSPS) is 11.6. The zero-order valence-corrected chi connectivity index (χ0v) is 9.96. The van der Waals surface area contributed by atoms with Crippen LogP contribution in [0.15, 0.2) is 19.0 Å². The van der Waals surface area contributed by atoms with Crippen molar-refractivity contribution >= 4 is 12.0 Å². The summed E-state index contributed by atoms with van der Waals surface area (Å²) in [5.74, 6) is -0.587. The molecule has 3 N–H and O–H groups in total. The van der Waals surface area contributed by atoms with Gasteiger partial charge in [0.1, 0.15) is 18.7 Å². The van der Waals surface area contributed by atoms with Crippen LogP contribution < -0.4 is 5.32 Å². The van der Waals surface area contributed by atoms with Crippen molar-refractivity contribution in [2.24, 2.45) is 0 Å². The van der Waals surface area contributed by atoms with Gasteiger partial charge in [-0.1, -0.05) is 6.08 Å². The molecule has 1 atom stereocenters. The standard InChI is InChI=1S/C10H15N5O3/c1-3-4-15(5-8(16)17)10(18)13-7(2)9-11-6-12-14-9/h3,6-7H,1,4-5H2,2H3,(H,13,18)(H,16,17)(H,11,12,14). The summed E-state index contributed by atoms with van der Waals surface area (Å²) in [6.45, 7) is 4.96. The molecule has 0 aliphatic rings. The van der Waals surface area contributed by atoms with E-state index in [-0.39, 0.29) is 19.1 Å². The summed E-state index contributed by atoms with van der Waals surface area (Å²) in [4.78, 5) is 27.5. The summed E-state index contributed by atoms with van der Waals surface area (Å²) in [6.07, 6.45) is 2.79. The van der Waals surface area contributed by atoms with E-state index in [2.05, 4.69) is 27.1 Å². The van der Waals surface area contributed by atoms with E-state index in [9.17, 15) is 9.59 Å². The minimum Gasteiger partial charge on any atom is -0.480 e. The molecule has 2 amide bonds. The number of rotatable bonds is 6. The van der Waals surface area contributed by atoms with Crippen molar-refractivity contribution in [1.29, 1.82) is 0 Å². The summed E-state index contributed by atoms with van der Waals surface area (Å²) >= 11 is 0. The molecule has 0 fully saturated rings. The van der Waals surface area contributed by atoms with Crippen molar-refractivity contribution in [3.05, 3.63) is 24.8 Å². The molecule has 0 aliphatic carbocycles. The largest absolute Gasteiger partial charge is 0.480 e. The lowest BCUT2D eigenvalue weighted by molar-refractivity contribution is -0.137. The van der Waals surface area contributed by atoms with Crippen LogP contribution in [0.25, 0.3) is 0 Å². The number of aliphatic carboxylic acids is 1. The van der Waals surface area contributed by atoms with Crippen LogP contribution in [0.3, 0.4) is 0 Å². The number of aromatic nitrogens is 3. The Hall–Kier alpha value is -2.38. The van der Waals surface area contributed by atoms with E-state index < -0.39 is 12.0 Å². The van der Waals surface area contributed by atoms with Crippen LogP contribution in [-0.2, 0) is 4.79 Å². The number of carbonyl (C=O) groups excluding carboxylic acids is 1. The fourth-order valence-electron chi connectivity index (χ4n) is 1.31. The van der Waals surface area contributed by atoms with Crippen LogP contribution in [0.2, 0.25) is 0 Å². The first kappa shape index (κ1) is 13.7. The highest BCUT2D eigenvalue weighted by Crippen LogP contribution is 2.05. The maximum Gasteiger partial charge on any atom is 0.323 e. The Morgan fingerprint density at radius 1 is 1.72 bits per heavy atom. The third kappa shape index (κ3) is 3.89. The molecule has 1 aromatic heterocycles. The Morgan fingerprint density at radius 2 is 2.44 bits per heavy atom. The molecule has 0 radical (unpaired) electrons. The van der Waals surface area contributed by atoms with Gasteiger partial charge in [0.25, 0.3) is 0 Å². The third-order valence-electron chi connectivity index (χ3n) is 2.15. The molecule has 0 saturated carbocycles. The highest BCUT2D eigenvalue weighted by molar-refractivity contribution is 5.80. The van der Waals surface area contributed by atoms with E-state index in [1.165, 1.54) is 12.4 Å². The van der Waals surface area contributed by atoms with Crippen LogP contribution in [-0.4, -0.2) is 50.3 Å². The quantitative estimate of drug-likeness (QED) is 0.625. The number of urea groups is 1. The SMILES string of the molecule is C=CCN(CC(=O)O)C(=O)NC(C)c1ncn[nH]1. The number of H-pyrrole nitrogens is 1. The number of carboxylic acids is 1. The smallest absolute Gasteiger partial charge is 0.323 e. The second-order valence-electron chi connectivity index (χ2n) is 3.60. The van der Waals surface area contributed by atoms with Gasteiger partial charge in [-0.15, -0.1) is 6.58 Å². The molecule has 18 heavy (non-hydrogen) atoms. The number of hydrogen-bond donors (Lipinski definition) is 3. The van der Waals surface area contributed by atoms with Crippen LogP contribution in [0.5, 0.6) is 0 Å². The molecule has 1 unspecified atom stereocenters. The highest BCUT2D eigenvalue weighted by atomic mass is 16.4. The number of carboxylic acid groups (broad SMARTS) is 1. The maximum atomic E-state index is 11.8. The number of amides is 2. The van der Waals surface area contributed by atoms with E-state index in [0.717, 1.165) is 4.90 Å². The van der Waals surface area contributed by atoms with Crippen LogP contribution in [0, 0.1) is 0 Å². The maximum absolute atomic E-state index is 11.8. The van der Waals surface area contributed by atoms with Gasteiger partial charge in [0.05, 0.1) is 6.04 Å². The highest BCUT2D eigenvalue weighted by Gasteiger charge is 2.18. The first-order chi connectivity index (χ1) is 8.54. The summed E-state index contributed by atoms with van der Waals surface area (Å²) < 4.78 is 0. The van der Waals surface area contributed by atoms with Gasteiger partial charge in [0.2, 0.25) is 0 Å². The minimum absolute atomic E-state index is 0.154. The predicted octanol–water partition coefficient (Wildman–Crippen LogP) is 0.148. The summed E-state index contributed by atoms with van der Waals surface area (Å²) in [5.41, 5.74) is 0. The minimum atomic E-state index is -1.08. The second kappa shape index (κ2) is 6.38. The molecular formula is C10H15N5O3. The van der Waals surface area contributed by atoms with Gasteiger partial charge >= 0.3 is 12.0 Å². The lowest BCUT2D eigenvalue weighted by Gasteiger charge is -2.21. The van der Waals surface area contributed by atoms with Crippen molar-refractivity contribution < 1.29 is 14.7 Å². The molecule has 8 nitrogen and oxygen atoms in total. The Kier molecular flexibility index (Phi) is 4.85. The van der Waals surface area contributed by atoms with Crippen LogP contribution in [0.4, 0.5) is 4.79 Å². The average Bonchev–Trinajstić information content (AvgIpc) is 2.81. The molecule has 0 bridgehead atoms. The number of nitrogens with one attached hydrogen (secondary N) is 2. The molecule has 98 valence electrons. The molecule has 1 heterocycles. The van der Waals surface area contributed by atoms with Crippen molar-refractivity contribution in [2.45, 2.75) is 13.0 Å². The van der Waals surface area contributed by atoms with Gasteiger partial charge < -0.3 is 15.3 Å². The number of nitrogens with zero attached hydrogens (tertiary/aromatic N) is 3. The zero-order valence-electron chi connectivity index (χ0n) is 9.96. The molecule has 1 aromatic rings. The van der Waals surface area contributed by atoms with Gasteiger partial charge in [-0.25, -0.2) is 9.78 Å². The Bertz CT molecular complexity index is 417. The van der Waals surface area contributed by atoms with Gasteiger partial charge in [-0.3, -0.25) is 9.89 Å². The van der Waals surface area contributed by atoms with Gasteiger partial charge in [-0.05, 0) is 6.92 Å². The number of hydrogen-bond acceptors (Lipinski definition) is 4. The molecule has 0 spiro atoms. The van der Waals surface area contributed by atoms with E-state index in [4.69, 9.17) is 5.11 Å². The summed E-state index contributed by atoms with van der Waals surface area (Å²) in [6, 6.07) is -0.887. The molecule has 1 rings (SSSR count). The molecule has 0 saturated heterocycles. The molecule has 0 aliphatic heterocycles. The Labute approximate surface area is 104 Å². The van der Waals surface area contributed by atoms with Crippen LogP contribution >= 0.6 is 0 Å². The van der Waals surface area contributed by atoms with Gasteiger partial charge in [0.15, 0.2) is 0 Å². The average molecular weight is 253 g/mol. The number of aromatic amines is 1. The van der Waals surface area contributed by atoms with Crippen molar-refractivity contribution in [3.8, 4) is 0 Å². The molecule has 8 heteroatoms. The van der Waals surface area contributed by atoms with E-state index in [0.29, 0.717) is 5.82 Å². The zero-order chi connectivity index (χ0) is 13.5. The Balaban J connectivity index is 2.60. The van der Waals surface area contributed by atoms with Crippen molar-refractivity contribution in [2.75, 3.05) is 13.1 Å². The topological polar surface area (TPSA) is 111 Å². The van der Waals surface area contributed by atoms with E-state index in [1.807, 2.05) is 0 Å². The fraction of sp³-hybridized carbons (Fsp3) is 0.400. The van der Waals surface area contributed by atoms with Gasteiger partial charge in [-0.2, -0.15) is 5.10 Å². The predicted molar refractivity (Wildman–Crippen MR) is 62.7 cm³/mol. The van der Waals surface area contributed by atoms with E-state index in [1.54, 1.807) is 6.92 Å². The monoisotopic (exact) mass is 253 g/mol. The third-order valence-corrected chi connectivity index (χ3v) is 2.15. The van der Waals surface area contributed by atoms with Crippen molar-refractivity contribution in [3.63, 3.8) is 0 Å². The summed E-state index contributed by atoms with van der Waals surface area (Å²) in [7, 11) is 0. The van der Waals surface area contributed by atoms with Gasteiger partial charge in [0, 0.05) is 6.54 Å². The number of carbonyl (C=O) groups is 2. The fourth-order valence-corrected chi connectivity index (χ4v) is 1.31. The second-order valence-corrected chi connectivity index (χ2v) is 3.60. The van der Waals surface area contributed by atoms with Crippen LogP contribution in [0.1, 0.15) is 18.8 Å². The lowest BCUT2D eigenvalue weighted by atomic mass is 10.3. The molecule has 0 aromatic carbocycles. The lowest BCUT2D eigenvalue weighted by Crippen LogP contribution is -2.43.